The summed E-state index contributed by atoms with van der Waals surface area (Å²) in [6.07, 6.45) is 5.80. The van der Waals surface area contributed by atoms with Crippen molar-refractivity contribution in [2.75, 3.05) is 20.1 Å². The minimum atomic E-state index is 0.236. The molecule has 3 heterocycles. The smallest absolute Gasteiger partial charge is 0.229 e. The molecule has 5 nitrogen and oxygen atoms in total. The molecular formula is C16H24ClN3O2. The minimum Gasteiger partial charge on any atom is -0.344 e. The standard InChI is InChI=1S/C16H24ClN3O2/c1-11-12(16(17)22-18-11)7-8-15(21)20-10-4-6-14(20)13-5-3-9-19(13)2/h13-14H,3-10H2,1-2H3/t13-,14-/m0/s1. The van der Waals surface area contributed by atoms with Gasteiger partial charge in [0.05, 0.1) is 5.69 Å². The van der Waals surface area contributed by atoms with Gasteiger partial charge in [0, 0.05) is 30.6 Å². The molecule has 0 spiro atoms. The first-order chi connectivity index (χ1) is 10.6. The summed E-state index contributed by atoms with van der Waals surface area (Å²) in [6.45, 7) is 3.91. The van der Waals surface area contributed by atoms with Gasteiger partial charge in [-0.15, -0.1) is 0 Å². The molecule has 1 amide bonds. The van der Waals surface area contributed by atoms with Gasteiger partial charge in [-0.3, -0.25) is 4.79 Å². The molecule has 0 saturated carbocycles. The molecular weight excluding hydrogens is 302 g/mol. The predicted octanol–water partition coefficient (Wildman–Crippen LogP) is 2.65. The van der Waals surface area contributed by atoms with E-state index in [1.54, 1.807) is 0 Å². The second-order valence-corrected chi connectivity index (χ2v) is 6.85. The van der Waals surface area contributed by atoms with Crippen molar-refractivity contribution in [3.8, 4) is 0 Å². The van der Waals surface area contributed by atoms with Crippen LogP contribution in [0.4, 0.5) is 0 Å². The average molecular weight is 326 g/mol. The first-order valence-electron chi connectivity index (χ1n) is 8.18. The summed E-state index contributed by atoms with van der Waals surface area (Å²) in [5.41, 5.74) is 1.65. The fraction of sp³-hybridized carbons (Fsp3) is 0.750. The zero-order valence-electron chi connectivity index (χ0n) is 13.3. The number of likely N-dealkylation sites (N-methyl/N-ethyl adjacent to an activating group) is 1. The van der Waals surface area contributed by atoms with Crippen LogP contribution in [0.15, 0.2) is 4.52 Å². The maximum Gasteiger partial charge on any atom is 0.229 e. The Hall–Kier alpha value is -1.07. The molecule has 2 fully saturated rings. The lowest BCUT2D eigenvalue weighted by atomic mass is 10.0. The number of amides is 1. The highest BCUT2D eigenvalue weighted by atomic mass is 35.5. The second kappa shape index (κ2) is 6.59. The van der Waals surface area contributed by atoms with Crippen molar-refractivity contribution in [1.82, 2.24) is 15.0 Å². The van der Waals surface area contributed by atoms with Crippen LogP contribution in [-0.2, 0) is 11.2 Å². The summed E-state index contributed by atoms with van der Waals surface area (Å²) in [6, 6.07) is 0.923. The Morgan fingerprint density at radius 3 is 2.68 bits per heavy atom. The topological polar surface area (TPSA) is 49.6 Å². The van der Waals surface area contributed by atoms with Crippen molar-refractivity contribution >= 4 is 17.5 Å². The van der Waals surface area contributed by atoms with E-state index in [4.69, 9.17) is 16.1 Å². The third kappa shape index (κ3) is 3.01. The van der Waals surface area contributed by atoms with E-state index in [1.807, 2.05) is 6.92 Å². The first-order valence-corrected chi connectivity index (χ1v) is 8.56. The van der Waals surface area contributed by atoms with Gasteiger partial charge in [-0.1, -0.05) is 5.16 Å². The van der Waals surface area contributed by atoms with Gasteiger partial charge in [0.1, 0.15) is 0 Å². The van der Waals surface area contributed by atoms with Crippen LogP contribution in [0.25, 0.3) is 0 Å². The number of rotatable bonds is 4. The molecule has 0 aliphatic carbocycles. The molecule has 2 aliphatic heterocycles. The van der Waals surface area contributed by atoms with E-state index in [0.717, 1.165) is 37.2 Å². The van der Waals surface area contributed by atoms with Gasteiger partial charge in [-0.05, 0) is 64.2 Å². The molecule has 0 unspecified atom stereocenters. The molecule has 6 heteroatoms. The molecule has 22 heavy (non-hydrogen) atoms. The number of aryl methyl sites for hydroxylation is 1. The summed E-state index contributed by atoms with van der Waals surface area (Å²) in [5, 5.41) is 4.16. The van der Waals surface area contributed by atoms with Crippen LogP contribution >= 0.6 is 11.6 Å². The lowest BCUT2D eigenvalue weighted by Gasteiger charge is -2.33. The summed E-state index contributed by atoms with van der Waals surface area (Å²) >= 11 is 5.98. The highest BCUT2D eigenvalue weighted by Gasteiger charge is 2.38. The molecule has 0 N–H and O–H groups in total. The number of carbonyl (C=O) groups is 1. The highest BCUT2D eigenvalue weighted by molar-refractivity contribution is 6.29. The maximum absolute atomic E-state index is 12.7. The number of halogens is 1. The van der Waals surface area contributed by atoms with Crippen LogP contribution in [0.3, 0.4) is 0 Å². The largest absolute Gasteiger partial charge is 0.344 e. The Labute approximate surface area is 136 Å². The number of carbonyl (C=O) groups excluding carboxylic acids is 1. The zero-order chi connectivity index (χ0) is 15.7. The number of hydrogen-bond donors (Lipinski definition) is 0. The predicted molar refractivity (Wildman–Crippen MR) is 85.0 cm³/mol. The fourth-order valence-electron chi connectivity index (χ4n) is 3.94. The van der Waals surface area contributed by atoms with Gasteiger partial charge < -0.3 is 14.3 Å². The minimum absolute atomic E-state index is 0.236. The number of aromatic nitrogens is 1. The monoisotopic (exact) mass is 325 g/mol. The van der Waals surface area contributed by atoms with Crippen LogP contribution in [-0.4, -0.2) is 53.1 Å². The highest BCUT2D eigenvalue weighted by Crippen LogP contribution is 2.30. The van der Waals surface area contributed by atoms with Crippen LogP contribution in [0.2, 0.25) is 5.22 Å². The quantitative estimate of drug-likeness (QED) is 0.854. The zero-order valence-corrected chi connectivity index (χ0v) is 14.1. The van der Waals surface area contributed by atoms with Crippen molar-refractivity contribution in [3.63, 3.8) is 0 Å². The first kappa shape index (κ1) is 15.8. The van der Waals surface area contributed by atoms with Crippen LogP contribution in [0.5, 0.6) is 0 Å². The lowest BCUT2D eigenvalue weighted by molar-refractivity contribution is -0.132. The van der Waals surface area contributed by atoms with E-state index in [0.29, 0.717) is 30.1 Å². The van der Waals surface area contributed by atoms with Crippen LogP contribution < -0.4 is 0 Å². The van der Waals surface area contributed by atoms with Crippen molar-refractivity contribution in [2.24, 2.45) is 0 Å². The maximum atomic E-state index is 12.7. The Morgan fingerprint density at radius 1 is 1.32 bits per heavy atom. The average Bonchev–Trinajstić information content (AvgIpc) is 3.18. The summed E-state index contributed by atoms with van der Waals surface area (Å²) in [5.74, 6) is 0.236. The molecule has 2 saturated heterocycles. The van der Waals surface area contributed by atoms with Crippen LogP contribution in [0.1, 0.15) is 43.4 Å². The van der Waals surface area contributed by atoms with E-state index in [-0.39, 0.29) is 5.91 Å². The lowest BCUT2D eigenvalue weighted by Crippen LogP contribution is -2.47. The number of nitrogens with zero attached hydrogens (tertiary/aromatic N) is 3. The third-order valence-corrected chi connectivity index (χ3v) is 5.46. The Morgan fingerprint density at radius 2 is 2.05 bits per heavy atom. The summed E-state index contributed by atoms with van der Waals surface area (Å²) in [7, 11) is 2.18. The summed E-state index contributed by atoms with van der Waals surface area (Å²) < 4.78 is 4.95. The molecule has 2 aliphatic rings. The molecule has 1 aromatic heterocycles. The van der Waals surface area contributed by atoms with Gasteiger partial charge >= 0.3 is 0 Å². The van der Waals surface area contributed by atoms with Gasteiger partial charge in [0.25, 0.3) is 0 Å². The van der Waals surface area contributed by atoms with Crippen molar-refractivity contribution < 1.29 is 9.32 Å². The van der Waals surface area contributed by atoms with Crippen LogP contribution in [0, 0.1) is 6.92 Å². The van der Waals surface area contributed by atoms with Gasteiger partial charge in [-0.25, -0.2) is 0 Å². The van der Waals surface area contributed by atoms with Gasteiger partial charge in [0.2, 0.25) is 11.1 Å². The molecule has 0 aromatic carbocycles. The molecule has 2 atom stereocenters. The van der Waals surface area contributed by atoms with Crippen molar-refractivity contribution in [2.45, 2.75) is 57.5 Å². The normalized spacial score (nSPS) is 26.0. The van der Waals surface area contributed by atoms with Crippen molar-refractivity contribution in [1.29, 1.82) is 0 Å². The van der Waals surface area contributed by atoms with E-state index >= 15 is 0 Å². The number of likely N-dealkylation sites (tertiary alicyclic amines) is 2. The van der Waals surface area contributed by atoms with E-state index in [1.165, 1.54) is 12.8 Å². The fourth-order valence-corrected chi connectivity index (χ4v) is 4.21. The van der Waals surface area contributed by atoms with E-state index < -0.39 is 0 Å². The van der Waals surface area contributed by atoms with E-state index in [2.05, 4.69) is 22.0 Å². The third-order valence-electron chi connectivity index (χ3n) is 5.17. The van der Waals surface area contributed by atoms with Gasteiger partial charge in [-0.2, -0.15) is 0 Å². The SMILES string of the molecule is Cc1noc(Cl)c1CCC(=O)N1CCC[C@H]1[C@@H]1CCCN1C. The molecule has 0 radical (unpaired) electrons. The summed E-state index contributed by atoms with van der Waals surface area (Å²) in [4.78, 5) is 17.2. The van der Waals surface area contributed by atoms with Crippen molar-refractivity contribution in [3.05, 3.63) is 16.5 Å². The number of hydrogen-bond acceptors (Lipinski definition) is 4. The Kier molecular flexibility index (Phi) is 4.73. The molecule has 122 valence electrons. The molecule has 0 bridgehead atoms. The Balaban J connectivity index is 1.61. The van der Waals surface area contributed by atoms with E-state index in [9.17, 15) is 4.79 Å². The molecule has 3 rings (SSSR count). The Bertz CT molecular complexity index is 526. The molecule has 1 aromatic rings. The second-order valence-electron chi connectivity index (χ2n) is 6.51. The van der Waals surface area contributed by atoms with Gasteiger partial charge in [0.15, 0.2) is 0 Å².